The molecule has 1 aromatic heterocycles. The number of amides is 1. The summed E-state index contributed by atoms with van der Waals surface area (Å²) in [6.45, 7) is 5.73. The number of hydrogen-bond donors (Lipinski definition) is 0. The first-order valence-corrected chi connectivity index (χ1v) is 10.7. The summed E-state index contributed by atoms with van der Waals surface area (Å²) in [5.41, 5.74) is 2.27. The van der Waals surface area contributed by atoms with Gasteiger partial charge in [-0.05, 0) is 49.9 Å². The van der Waals surface area contributed by atoms with Gasteiger partial charge in [0.2, 0.25) is 5.91 Å². The Hall–Kier alpha value is -1.74. The molecule has 0 bridgehead atoms. The number of carbonyl (C=O) groups is 1. The number of hydrogen-bond acceptors (Lipinski definition) is 1. The molecule has 146 valence electrons. The molecule has 1 aliphatic carbocycles. The van der Waals surface area contributed by atoms with Gasteiger partial charge in [-0.1, -0.05) is 56.0 Å². The Balaban J connectivity index is 1.77. The van der Waals surface area contributed by atoms with Crippen LogP contribution in [0.5, 0.6) is 0 Å². The lowest BCUT2D eigenvalue weighted by atomic mass is 9.88. The van der Waals surface area contributed by atoms with Gasteiger partial charge in [0.05, 0.1) is 6.54 Å². The van der Waals surface area contributed by atoms with Crippen molar-refractivity contribution in [2.24, 2.45) is 5.92 Å². The first kappa shape index (κ1) is 20.0. The van der Waals surface area contributed by atoms with E-state index in [1.807, 2.05) is 18.2 Å². The second-order valence-electron chi connectivity index (χ2n) is 7.78. The summed E-state index contributed by atoms with van der Waals surface area (Å²) in [6, 6.07) is 12.4. The fraction of sp³-hybridized carbons (Fsp3) is 0.522. The van der Waals surface area contributed by atoms with E-state index in [0.29, 0.717) is 12.5 Å². The van der Waals surface area contributed by atoms with Crippen molar-refractivity contribution >= 4 is 17.5 Å². The lowest BCUT2D eigenvalue weighted by Crippen LogP contribution is -2.42. The zero-order valence-electron chi connectivity index (χ0n) is 16.5. The van der Waals surface area contributed by atoms with Gasteiger partial charge in [0, 0.05) is 35.4 Å². The summed E-state index contributed by atoms with van der Waals surface area (Å²) in [6.07, 6.45) is 8.80. The number of benzene rings is 1. The van der Waals surface area contributed by atoms with Crippen molar-refractivity contribution < 1.29 is 4.79 Å². The van der Waals surface area contributed by atoms with Crippen LogP contribution >= 0.6 is 11.6 Å². The molecule has 0 saturated heterocycles. The Kier molecular flexibility index (Phi) is 7.01. The third-order valence-electron chi connectivity index (χ3n) is 5.91. The third kappa shape index (κ3) is 4.95. The number of nitrogens with zero attached hydrogens (tertiary/aromatic N) is 2. The molecule has 1 aromatic carbocycles. The molecule has 1 unspecified atom stereocenters. The summed E-state index contributed by atoms with van der Waals surface area (Å²) in [5, 5.41) is 0.786. The zero-order valence-corrected chi connectivity index (χ0v) is 17.3. The minimum atomic E-state index is 0.208. The summed E-state index contributed by atoms with van der Waals surface area (Å²) in [4.78, 5) is 15.3. The lowest BCUT2D eigenvalue weighted by Gasteiger charge is -2.33. The van der Waals surface area contributed by atoms with Gasteiger partial charge in [-0.2, -0.15) is 0 Å². The van der Waals surface area contributed by atoms with E-state index in [-0.39, 0.29) is 12.0 Å². The predicted octanol–water partition coefficient (Wildman–Crippen LogP) is 5.90. The smallest absolute Gasteiger partial charge is 0.226 e. The molecule has 1 atom stereocenters. The van der Waals surface area contributed by atoms with Crippen LogP contribution in [0.3, 0.4) is 0 Å². The average molecular weight is 387 g/mol. The summed E-state index contributed by atoms with van der Waals surface area (Å²) in [7, 11) is 0. The van der Waals surface area contributed by atoms with Crippen LogP contribution in [0, 0.1) is 5.92 Å². The summed E-state index contributed by atoms with van der Waals surface area (Å²) >= 11 is 6.35. The van der Waals surface area contributed by atoms with Crippen LogP contribution in [0.4, 0.5) is 0 Å². The van der Waals surface area contributed by atoms with Crippen molar-refractivity contribution in [3.63, 3.8) is 0 Å². The second kappa shape index (κ2) is 9.45. The largest absolute Gasteiger partial charge is 0.345 e. The number of carbonyl (C=O) groups excluding carboxylic acids is 1. The van der Waals surface area contributed by atoms with Crippen LogP contribution in [-0.4, -0.2) is 21.4 Å². The molecule has 27 heavy (non-hydrogen) atoms. The minimum Gasteiger partial charge on any atom is -0.345 e. The highest BCUT2D eigenvalue weighted by Gasteiger charge is 2.28. The number of halogens is 1. The highest BCUT2D eigenvalue weighted by atomic mass is 35.5. The molecule has 0 radical (unpaired) electrons. The highest BCUT2D eigenvalue weighted by molar-refractivity contribution is 6.31. The zero-order chi connectivity index (χ0) is 19.2. The third-order valence-corrected chi connectivity index (χ3v) is 6.28. The van der Waals surface area contributed by atoms with Gasteiger partial charge in [0.15, 0.2) is 0 Å². The maximum Gasteiger partial charge on any atom is 0.226 e. The molecule has 4 heteroatoms. The molecule has 1 heterocycles. The molecule has 1 fully saturated rings. The van der Waals surface area contributed by atoms with Crippen LogP contribution < -0.4 is 0 Å². The predicted molar refractivity (Wildman–Crippen MR) is 112 cm³/mol. The van der Waals surface area contributed by atoms with Crippen LogP contribution in [0.2, 0.25) is 5.02 Å². The Bertz CT molecular complexity index is 748. The molecule has 1 amide bonds. The summed E-state index contributed by atoms with van der Waals surface area (Å²) < 4.78 is 2.21. The molecule has 3 rings (SSSR count). The van der Waals surface area contributed by atoms with Crippen molar-refractivity contribution in [1.29, 1.82) is 0 Å². The van der Waals surface area contributed by atoms with E-state index < -0.39 is 0 Å². The molecule has 3 nitrogen and oxygen atoms in total. The highest BCUT2D eigenvalue weighted by Crippen LogP contribution is 2.27. The SMILES string of the molecule is CCC(C)N(Cc1cccn1Cc1ccccc1Cl)C(=O)C1CCCCC1. The van der Waals surface area contributed by atoms with E-state index in [1.54, 1.807) is 0 Å². The standard InChI is InChI=1S/C23H31ClN2O/c1-3-18(2)26(23(27)19-10-5-4-6-11-19)17-21-13-9-15-25(21)16-20-12-7-8-14-22(20)24/h7-9,12-15,18-19H,3-6,10-11,16-17H2,1-2H3. The molecule has 1 aliphatic rings. The molecule has 0 N–H and O–H groups in total. The quantitative estimate of drug-likeness (QED) is 0.581. The van der Waals surface area contributed by atoms with Crippen LogP contribution in [0.25, 0.3) is 0 Å². The number of rotatable bonds is 7. The Morgan fingerprint density at radius 2 is 1.93 bits per heavy atom. The van der Waals surface area contributed by atoms with Crippen LogP contribution in [-0.2, 0) is 17.9 Å². The van der Waals surface area contributed by atoms with E-state index >= 15 is 0 Å². The van der Waals surface area contributed by atoms with Gasteiger partial charge in [0.1, 0.15) is 0 Å². The fourth-order valence-electron chi connectivity index (χ4n) is 3.99. The van der Waals surface area contributed by atoms with Crippen molar-refractivity contribution in [2.75, 3.05) is 0 Å². The Morgan fingerprint density at radius 1 is 1.19 bits per heavy atom. The summed E-state index contributed by atoms with van der Waals surface area (Å²) in [5.74, 6) is 0.550. The van der Waals surface area contributed by atoms with E-state index in [4.69, 9.17) is 11.6 Å². The molecular formula is C23H31ClN2O. The van der Waals surface area contributed by atoms with Crippen molar-refractivity contribution in [2.45, 2.75) is 71.5 Å². The van der Waals surface area contributed by atoms with Crippen LogP contribution in [0.15, 0.2) is 42.6 Å². The van der Waals surface area contributed by atoms with Gasteiger partial charge in [-0.3, -0.25) is 4.79 Å². The van der Waals surface area contributed by atoms with Gasteiger partial charge < -0.3 is 9.47 Å². The Labute approximate surface area is 168 Å². The monoisotopic (exact) mass is 386 g/mol. The van der Waals surface area contributed by atoms with E-state index in [0.717, 1.165) is 36.4 Å². The van der Waals surface area contributed by atoms with Crippen LogP contribution in [0.1, 0.15) is 63.6 Å². The normalized spacial score (nSPS) is 16.3. The molecule has 0 spiro atoms. The van der Waals surface area contributed by atoms with Gasteiger partial charge in [-0.15, -0.1) is 0 Å². The molecule has 2 aromatic rings. The molecule has 0 aliphatic heterocycles. The maximum atomic E-state index is 13.2. The molecule has 1 saturated carbocycles. The minimum absolute atomic E-state index is 0.208. The Morgan fingerprint density at radius 3 is 2.63 bits per heavy atom. The van der Waals surface area contributed by atoms with E-state index in [1.165, 1.54) is 25.0 Å². The number of aromatic nitrogens is 1. The van der Waals surface area contributed by atoms with E-state index in [2.05, 4.69) is 47.7 Å². The van der Waals surface area contributed by atoms with E-state index in [9.17, 15) is 4.79 Å². The topological polar surface area (TPSA) is 25.2 Å². The lowest BCUT2D eigenvalue weighted by molar-refractivity contribution is -0.139. The van der Waals surface area contributed by atoms with Crippen molar-refractivity contribution in [3.8, 4) is 0 Å². The fourth-order valence-corrected chi connectivity index (χ4v) is 4.18. The maximum absolute atomic E-state index is 13.2. The average Bonchev–Trinajstić information content (AvgIpc) is 3.14. The van der Waals surface area contributed by atoms with Crippen molar-refractivity contribution in [3.05, 3.63) is 58.9 Å². The first-order chi connectivity index (χ1) is 13.1. The van der Waals surface area contributed by atoms with Gasteiger partial charge in [0.25, 0.3) is 0 Å². The first-order valence-electron chi connectivity index (χ1n) is 10.3. The second-order valence-corrected chi connectivity index (χ2v) is 8.18. The van der Waals surface area contributed by atoms with Gasteiger partial charge >= 0.3 is 0 Å². The van der Waals surface area contributed by atoms with Crippen molar-refractivity contribution in [1.82, 2.24) is 9.47 Å². The molecular weight excluding hydrogens is 356 g/mol. The van der Waals surface area contributed by atoms with Gasteiger partial charge in [-0.25, -0.2) is 0 Å².